The molecule has 140 valence electrons. The van der Waals surface area contributed by atoms with Gasteiger partial charge < -0.3 is 15.2 Å². The zero-order valence-electron chi connectivity index (χ0n) is 14.8. The highest BCUT2D eigenvalue weighted by Crippen LogP contribution is 2.33. The summed E-state index contributed by atoms with van der Waals surface area (Å²) in [6, 6.07) is 11.3. The highest BCUT2D eigenvalue weighted by molar-refractivity contribution is 5.93. The highest BCUT2D eigenvalue weighted by Gasteiger charge is 2.35. The van der Waals surface area contributed by atoms with E-state index in [9.17, 15) is 13.6 Å². The van der Waals surface area contributed by atoms with Crippen LogP contribution in [0.3, 0.4) is 0 Å². The zero-order chi connectivity index (χ0) is 19.3. The van der Waals surface area contributed by atoms with Crippen LogP contribution in [0.25, 0.3) is 16.5 Å². The van der Waals surface area contributed by atoms with Crippen LogP contribution in [0.1, 0.15) is 11.1 Å². The second kappa shape index (κ2) is 6.34. The fourth-order valence-corrected chi connectivity index (χ4v) is 4.01. The maximum absolute atomic E-state index is 13.5. The number of benzene rings is 2. The molecular weight excluding hydrogens is 360 g/mol. The van der Waals surface area contributed by atoms with Gasteiger partial charge in [-0.05, 0) is 52.6 Å². The molecule has 0 radical (unpaired) electrons. The minimum Gasteiger partial charge on any atom is -0.379 e. The van der Waals surface area contributed by atoms with Crippen molar-refractivity contribution in [2.75, 3.05) is 0 Å². The molecule has 2 N–H and O–H groups in total. The lowest BCUT2D eigenvalue weighted by Crippen LogP contribution is -2.45. The van der Waals surface area contributed by atoms with Gasteiger partial charge in [0.25, 0.3) is 0 Å². The number of rotatable bonds is 3. The number of carbonyl (C=O) groups excluding carboxylic acids is 1. The van der Waals surface area contributed by atoms with Crippen molar-refractivity contribution >= 4 is 22.4 Å². The van der Waals surface area contributed by atoms with Crippen LogP contribution in [0.5, 0.6) is 0 Å². The van der Waals surface area contributed by atoms with Gasteiger partial charge in [-0.15, -0.1) is 0 Å². The molecule has 0 saturated carbocycles. The molecular formula is C22H17F2N3O. The minimum absolute atomic E-state index is 0.0214. The Bertz CT molecular complexity index is 1140. The summed E-state index contributed by atoms with van der Waals surface area (Å²) in [5.41, 5.74) is 3.55. The van der Waals surface area contributed by atoms with Crippen LogP contribution in [0.4, 0.5) is 8.78 Å². The van der Waals surface area contributed by atoms with Crippen LogP contribution in [0.15, 0.2) is 67.1 Å². The topological polar surface area (TPSA) is 46.1 Å². The van der Waals surface area contributed by atoms with E-state index in [1.165, 1.54) is 12.1 Å². The molecule has 0 fully saturated rings. The molecule has 0 spiro atoms. The van der Waals surface area contributed by atoms with E-state index in [0.717, 1.165) is 28.1 Å². The summed E-state index contributed by atoms with van der Waals surface area (Å²) in [4.78, 5) is 12.0. The Morgan fingerprint density at radius 3 is 2.68 bits per heavy atom. The average molecular weight is 377 g/mol. The molecule has 2 unspecified atom stereocenters. The molecule has 3 heterocycles. The predicted molar refractivity (Wildman–Crippen MR) is 103 cm³/mol. The number of fused-ring (bicyclic) bond motifs is 2. The van der Waals surface area contributed by atoms with E-state index in [1.807, 2.05) is 41.2 Å². The Morgan fingerprint density at radius 2 is 1.86 bits per heavy atom. The Balaban J connectivity index is 1.53. The number of hydrogen-bond acceptors (Lipinski definition) is 2. The molecule has 0 saturated heterocycles. The summed E-state index contributed by atoms with van der Waals surface area (Å²) >= 11 is 0. The molecule has 1 amide bonds. The van der Waals surface area contributed by atoms with E-state index < -0.39 is 11.6 Å². The lowest BCUT2D eigenvalue weighted by Gasteiger charge is -2.26. The van der Waals surface area contributed by atoms with Gasteiger partial charge in [0.1, 0.15) is 17.7 Å². The third-order valence-corrected chi connectivity index (χ3v) is 5.33. The number of nitrogens with zero attached hydrogens (tertiary/aromatic N) is 1. The Labute approximate surface area is 160 Å². The third-order valence-electron chi connectivity index (χ3n) is 5.33. The molecule has 6 heteroatoms. The van der Waals surface area contributed by atoms with Crippen molar-refractivity contribution in [3.05, 3.63) is 89.9 Å². The minimum atomic E-state index is -0.582. The van der Waals surface area contributed by atoms with Crippen LogP contribution in [0, 0.1) is 17.6 Å². The van der Waals surface area contributed by atoms with E-state index in [-0.39, 0.29) is 17.9 Å². The molecule has 2 aromatic carbocycles. The number of hydrogen-bond donors (Lipinski definition) is 2. The maximum atomic E-state index is 13.5. The fourth-order valence-electron chi connectivity index (χ4n) is 4.01. The van der Waals surface area contributed by atoms with Gasteiger partial charge >= 0.3 is 0 Å². The van der Waals surface area contributed by atoms with E-state index in [2.05, 4.69) is 16.7 Å². The second-order valence-corrected chi connectivity index (χ2v) is 7.13. The number of amides is 1. The van der Waals surface area contributed by atoms with Gasteiger partial charge in [0.2, 0.25) is 5.91 Å². The normalized spacial score (nSPS) is 20.6. The Hall–Kier alpha value is -3.41. The molecule has 5 rings (SSSR count). The lowest BCUT2D eigenvalue weighted by molar-refractivity contribution is -0.122. The second-order valence-electron chi connectivity index (χ2n) is 7.13. The Morgan fingerprint density at radius 1 is 1.04 bits per heavy atom. The molecule has 0 aliphatic carbocycles. The third kappa shape index (κ3) is 2.78. The quantitative estimate of drug-likeness (QED) is 0.733. The molecule has 1 aromatic heterocycles. The van der Waals surface area contributed by atoms with Crippen LogP contribution in [-0.2, 0) is 11.3 Å². The SMILES string of the molecule is O=C1NC=C(c2ccc3ccn(Cc4cc(F)cc(F)c4)c3c2)C2C=CNC12. The largest absolute Gasteiger partial charge is 0.379 e. The molecule has 2 aliphatic rings. The number of halogens is 2. The summed E-state index contributed by atoms with van der Waals surface area (Å²) < 4.78 is 29.0. The molecule has 4 nitrogen and oxygen atoms in total. The lowest BCUT2D eigenvalue weighted by atomic mass is 9.86. The summed E-state index contributed by atoms with van der Waals surface area (Å²) in [5.74, 6) is -1.23. The number of carbonyl (C=O) groups is 1. The van der Waals surface area contributed by atoms with Gasteiger partial charge in [0.15, 0.2) is 0 Å². The molecule has 2 aliphatic heterocycles. The van der Waals surface area contributed by atoms with E-state index in [4.69, 9.17) is 0 Å². The van der Waals surface area contributed by atoms with Crippen LogP contribution >= 0.6 is 0 Å². The first kappa shape index (κ1) is 16.7. The highest BCUT2D eigenvalue weighted by atomic mass is 19.1. The first-order valence-electron chi connectivity index (χ1n) is 9.06. The van der Waals surface area contributed by atoms with Crippen LogP contribution < -0.4 is 10.6 Å². The first-order valence-corrected chi connectivity index (χ1v) is 9.06. The number of aromatic nitrogens is 1. The van der Waals surface area contributed by atoms with Gasteiger partial charge in [0.05, 0.1) is 0 Å². The van der Waals surface area contributed by atoms with Crippen LogP contribution in [0.2, 0.25) is 0 Å². The van der Waals surface area contributed by atoms with Gasteiger partial charge in [0, 0.05) is 36.4 Å². The summed E-state index contributed by atoms with van der Waals surface area (Å²) in [5, 5.41) is 6.94. The van der Waals surface area contributed by atoms with Crippen LogP contribution in [-0.4, -0.2) is 16.5 Å². The van der Waals surface area contributed by atoms with Crippen molar-refractivity contribution in [3.8, 4) is 0 Å². The first-order chi connectivity index (χ1) is 13.6. The van der Waals surface area contributed by atoms with Crippen molar-refractivity contribution < 1.29 is 13.6 Å². The van der Waals surface area contributed by atoms with Gasteiger partial charge in [-0.3, -0.25) is 4.79 Å². The molecule has 28 heavy (non-hydrogen) atoms. The van der Waals surface area contributed by atoms with Crippen molar-refractivity contribution in [1.82, 2.24) is 15.2 Å². The molecule has 2 atom stereocenters. The smallest absolute Gasteiger partial charge is 0.247 e. The van der Waals surface area contributed by atoms with Gasteiger partial charge in [-0.2, -0.15) is 0 Å². The van der Waals surface area contributed by atoms with Gasteiger partial charge in [-0.1, -0.05) is 18.2 Å². The predicted octanol–water partition coefficient (Wildman–Crippen LogP) is 3.54. The van der Waals surface area contributed by atoms with Crippen molar-refractivity contribution in [2.24, 2.45) is 5.92 Å². The van der Waals surface area contributed by atoms with Crippen molar-refractivity contribution in [1.29, 1.82) is 0 Å². The summed E-state index contributed by atoms with van der Waals surface area (Å²) in [6.45, 7) is 0.366. The standard InChI is InChI=1S/C22H17F2N3O/c23-16-7-13(8-17(24)10-16)12-27-6-4-14-1-2-15(9-20(14)27)19-11-26-22(28)21-18(19)3-5-25-21/h1-11,18,21,25H,12H2,(H,26,28). The van der Waals surface area contributed by atoms with Crippen molar-refractivity contribution in [3.63, 3.8) is 0 Å². The maximum Gasteiger partial charge on any atom is 0.247 e. The van der Waals surface area contributed by atoms with Gasteiger partial charge in [-0.25, -0.2) is 8.78 Å². The number of nitrogens with one attached hydrogen (secondary N) is 2. The van der Waals surface area contributed by atoms with Crippen molar-refractivity contribution in [2.45, 2.75) is 12.6 Å². The van der Waals surface area contributed by atoms with E-state index in [0.29, 0.717) is 12.1 Å². The monoisotopic (exact) mass is 377 g/mol. The summed E-state index contributed by atoms with van der Waals surface area (Å²) in [6.07, 6.45) is 7.48. The Kier molecular flexibility index (Phi) is 3.79. The van der Waals surface area contributed by atoms with E-state index in [1.54, 1.807) is 6.20 Å². The molecule has 0 bridgehead atoms. The van der Waals surface area contributed by atoms with E-state index >= 15 is 0 Å². The summed E-state index contributed by atoms with van der Waals surface area (Å²) in [7, 11) is 0. The average Bonchev–Trinajstić information content (AvgIpc) is 3.29. The zero-order valence-corrected chi connectivity index (χ0v) is 14.8. The molecule has 3 aromatic rings. The fraction of sp³-hybridized carbons (Fsp3) is 0.136.